The molecule has 0 amide bonds. The first-order valence-corrected chi connectivity index (χ1v) is 19.3. The van der Waals surface area contributed by atoms with Crippen LogP contribution in [0.15, 0.2) is 198 Å². The van der Waals surface area contributed by atoms with Crippen molar-refractivity contribution in [1.29, 1.82) is 0 Å². The van der Waals surface area contributed by atoms with Crippen LogP contribution in [0.5, 0.6) is 0 Å². The minimum atomic E-state index is 0.137. The SMILES string of the molecule is C1=CC2CC(c3cccc(C4=CCC(N(c5ccc(-c6ccccc6-c6ccccc6)cc5)c5ccc6oc7ccccc7c6c5)C=C4)c3)=CC=C2CC1. The lowest BCUT2D eigenvalue weighted by molar-refractivity contribution is 0.669. The average Bonchev–Trinajstić information content (AvgIpc) is 3.63. The zero-order valence-corrected chi connectivity index (χ0v) is 30.2. The van der Waals surface area contributed by atoms with Crippen molar-refractivity contribution >= 4 is 44.5 Å². The Balaban J connectivity index is 0.989. The molecule has 0 radical (unpaired) electrons. The van der Waals surface area contributed by atoms with E-state index < -0.39 is 0 Å². The van der Waals surface area contributed by atoms with E-state index in [9.17, 15) is 0 Å². The summed E-state index contributed by atoms with van der Waals surface area (Å²) in [6.45, 7) is 0. The van der Waals surface area contributed by atoms with E-state index in [1.54, 1.807) is 5.57 Å². The molecule has 3 aliphatic carbocycles. The van der Waals surface area contributed by atoms with Crippen LogP contribution < -0.4 is 4.90 Å². The van der Waals surface area contributed by atoms with Crippen molar-refractivity contribution in [3.8, 4) is 22.3 Å². The number of allylic oxidation sites excluding steroid dienone is 8. The molecular weight excluding hydrogens is 655 g/mol. The van der Waals surface area contributed by atoms with Crippen molar-refractivity contribution in [2.24, 2.45) is 5.92 Å². The summed E-state index contributed by atoms with van der Waals surface area (Å²) < 4.78 is 6.24. The fourth-order valence-corrected chi connectivity index (χ4v) is 8.67. The quantitative estimate of drug-likeness (QED) is 0.154. The van der Waals surface area contributed by atoms with Crippen molar-refractivity contribution in [2.75, 3.05) is 4.90 Å². The Labute approximate surface area is 317 Å². The number of rotatable bonds is 7. The second-order valence-electron chi connectivity index (χ2n) is 14.7. The van der Waals surface area contributed by atoms with Gasteiger partial charge in [-0.1, -0.05) is 151 Å². The normalized spacial score (nSPS) is 17.9. The monoisotopic (exact) mass is 695 g/mol. The highest BCUT2D eigenvalue weighted by Gasteiger charge is 2.24. The van der Waals surface area contributed by atoms with E-state index in [2.05, 4.69) is 187 Å². The third-order valence-corrected chi connectivity index (χ3v) is 11.5. The van der Waals surface area contributed by atoms with Crippen molar-refractivity contribution < 1.29 is 4.42 Å². The number of furan rings is 1. The largest absolute Gasteiger partial charge is 0.456 e. The first-order chi connectivity index (χ1) is 26.7. The molecule has 0 spiro atoms. The van der Waals surface area contributed by atoms with E-state index in [4.69, 9.17) is 4.42 Å². The number of nitrogens with zero attached hydrogens (tertiary/aromatic N) is 1. The molecule has 54 heavy (non-hydrogen) atoms. The van der Waals surface area contributed by atoms with Gasteiger partial charge in [0.05, 0.1) is 6.04 Å². The highest BCUT2D eigenvalue weighted by molar-refractivity contribution is 6.06. The van der Waals surface area contributed by atoms with E-state index in [0.717, 1.165) is 46.2 Å². The summed E-state index contributed by atoms with van der Waals surface area (Å²) in [5.41, 5.74) is 15.9. The van der Waals surface area contributed by atoms with E-state index in [0.29, 0.717) is 5.92 Å². The summed E-state index contributed by atoms with van der Waals surface area (Å²) in [7, 11) is 0. The van der Waals surface area contributed by atoms with E-state index >= 15 is 0 Å². The van der Waals surface area contributed by atoms with Gasteiger partial charge in [-0.05, 0) is 113 Å². The standard InChI is InChI=1S/C52H41NO/c1-2-12-38(13-3-1)47-17-6-7-18-48(47)39-25-29-45(30-26-39)53(46-31-32-52-50(35-46)49-19-8-9-20-51(49)54-52)44-27-23-37(24-28-44)41-15-10-16-42(33-41)43-22-21-36-11-4-5-14-40(36)34-43/h1-3,5-10,12-27,29-33,35,40,44H,4,11,28,34H2. The maximum absolute atomic E-state index is 6.24. The second kappa shape index (κ2) is 13.9. The number of hydrogen-bond acceptors (Lipinski definition) is 2. The van der Waals surface area contributed by atoms with Crippen LogP contribution in [-0.4, -0.2) is 6.04 Å². The lowest BCUT2D eigenvalue weighted by Gasteiger charge is -2.33. The Morgan fingerprint density at radius 1 is 0.556 bits per heavy atom. The summed E-state index contributed by atoms with van der Waals surface area (Å²) in [4.78, 5) is 2.49. The maximum atomic E-state index is 6.24. The van der Waals surface area contributed by atoms with Crippen LogP contribution in [0.1, 0.15) is 36.8 Å². The van der Waals surface area contributed by atoms with Gasteiger partial charge in [-0.3, -0.25) is 0 Å². The summed E-state index contributed by atoms with van der Waals surface area (Å²) in [6.07, 6.45) is 21.0. The smallest absolute Gasteiger partial charge is 0.135 e. The number of fused-ring (bicyclic) bond motifs is 4. The predicted molar refractivity (Wildman–Crippen MR) is 228 cm³/mol. The van der Waals surface area contributed by atoms with Gasteiger partial charge in [-0.2, -0.15) is 0 Å². The van der Waals surface area contributed by atoms with Gasteiger partial charge in [0.1, 0.15) is 11.2 Å². The first-order valence-electron chi connectivity index (χ1n) is 19.3. The van der Waals surface area contributed by atoms with Crippen molar-refractivity contribution in [2.45, 2.75) is 31.7 Å². The second-order valence-corrected chi connectivity index (χ2v) is 14.7. The summed E-state index contributed by atoms with van der Waals surface area (Å²) >= 11 is 0. The molecule has 260 valence electrons. The molecule has 2 nitrogen and oxygen atoms in total. The van der Waals surface area contributed by atoms with Crippen LogP contribution in [0.4, 0.5) is 11.4 Å². The minimum Gasteiger partial charge on any atom is -0.456 e. The Bertz CT molecular complexity index is 2670. The van der Waals surface area contributed by atoms with E-state index in [1.165, 1.54) is 57.4 Å². The molecule has 0 saturated heterocycles. The Kier molecular flexibility index (Phi) is 8.30. The van der Waals surface area contributed by atoms with Crippen LogP contribution in [0.25, 0.3) is 55.3 Å². The molecule has 0 N–H and O–H groups in total. The topological polar surface area (TPSA) is 16.4 Å². The molecule has 0 aliphatic heterocycles. The first kappa shape index (κ1) is 32.3. The zero-order valence-electron chi connectivity index (χ0n) is 30.2. The van der Waals surface area contributed by atoms with Gasteiger partial charge in [0.2, 0.25) is 0 Å². The molecular formula is C52H41NO. The molecule has 1 aromatic heterocycles. The maximum Gasteiger partial charge on any atom is 0.135 e. The number of benzene rings is 6. The van der Waals surface area contributed by atoms with Crippen molar-refractivity contribution in [1.82, 2.24) is 0 Å². The molecule has 6 aromatic carbocycles. The Hall–Kier alpha value is -6.38. The molecule has 0 fully saturated rings. The lowest BCUT2D eigenvalue weighted by atomic mass is 9.79. The third kappa shape index (κ3) is 6.04. The predicted octanol–water partition coefficient (Wildman–Crippen LogP) is 14.1. The molecule has 7 aromatic rings. The molecule has 3 aliphatic rings. The van der Waals surface area contributed by atoms with E-state index in [-0.39, 0.29) is 6.04 Å². The van der Waals surface area contributed by atoms with Crippen LogP contribution in [0.3, 0.4) is 0 Å². The van der Waals surface area contributed by atoms with Crippen molar-refractivity contribution in [3.63, 3.8) is 0 Å². The molecule has 2 atom stereocenters. The Morgan fingerprint density at radius 3 is 2.11 bits per heavy atom. The zero-order chi connectivity index (χ0) is 35.8. The fraction of sp³-hybridized carbons (Fsp3) is 0.115. The van der Waals surface area contributed by atoms with Gasteiger partial charge in [0.25, 0.3) is 0 Å². The number of anilines is 2. The molecule has 2 heteroatoms. The van der Waals surface area contributed by atoms with Gasteiger partial charge >= 0.3 is 0 Å². The summed E-state index contributed by atoms with van der Waals surface area (Å²) in [6, 6.07) is 52.7. The third-order valence-electron chi connectivity index (χ3n) is 11.5. The molecule has 10 rings (SSSR count). The molecule has 2 unspecified atom stereocenters. The van der Waals surface area contributed by atoms with Crippen LogP contribution in [0.2, 0.25) is 0 Å². The fourth-order valence-electron chi connectivity index (χ4n) is 8.67. The van der Waals surface area contributed by atoms with Gasteiger partial charge in [0, 0.05) is 28.1 Å². The van der Waals surface area contributed by atoms with Gasteiger partial charge in [-0.25, -0.2) is 0 Å². The van der Waals surface area contributed by atoms with Crippen LogP contribution in [-0.2, 0) is 0 Å². The number of hydrogen-bond donors (Lipinski definition) is 0. The van der Waals surface area contributed by atoms with Gasteiger partial charge in [-0.15, -0.1) is 0 Å². The van der Waals surface area contributed by atoms with Gasteiger partial charge in [0.15, 0.2) is 0 Å². The molecule has 0 bridgehead atoms. The number of para-hydroxylation sites is 1. The lowest BCUT2D eigenvalue weighted by Crippen LogP contribution is -2.30. The Morgan fingerprint density at radius 2 is 1.28 bits per heavy atom. The highest BCUT2D eigenvalue weighted by Crippen LogP contribution is 2.41. The molecule has 0 saturated carbocycles. The minimum absolute atomic E-state index is 0.137. The van der Waals surface area contributed by atoms with Crippen LogP contribution >= 0.6 is 0 Å². The molecule has 1 heterocycles. The highest BCUT2D eigenvalue weighted by atomic mass is 16.3. The summed E-state index contributed by atoms with van der Waals surface area (Å²) in [5.74, 6) is 0.551. The van der Waals surface area contributed by atoms with Crippen molar-refractivity contribution in [3.05, 3.63) is 205 Å². The van der Waals surface area contributed by atoms with E-state index in [1.807, 2.05) is 6.07 Å². The van der Waals surface area contributed by atoms with Gasteiger partial charge < -0.3 is 9.32 Å². The summed E-state index contributed by atoms with van der Waals surface area (Å²) in [5, 5.41) is 2.28. The van der Waals surface area contributed by atoms with Crippen LogP contribution in [0, 0.1) is 5.92 Å². The average molecular weight is 696 g/mol.